The zero-order valence-corrected chi connectivity index (χ0v) is 11.6. The first-order chi connectivity index (χ1) is 9.58. The Bertz CT molecular complexity index is 649. The molecule has 0 bridgehead atoms. The topological polar surface area (TPSA) is 71.1 Å². The van der Waals surface area contributed by atoms with E-state index in [4.69, 9.17) is 0 Å². The van der Waals surface area contributed by atoms with E-state index in [1.54, 1.807) is 12.1 Å². The van der Waals surface area contributed by atoms with E-state index >= 15 is 0 Å². The van der Waals surface area contributed by atoms with Gasteiger partial charge in [-0.1, -0.05) is 22.0 Å². The largest absolute Gasteiger partial charge is 0.288 e. The van der Waals surface area contributed by atoms with Crippen molar-refractivity contribution in [1.29, 1.82) is 0 Å². The van der Waals surface area contributed by atoms with E-state index in [1.807, 2.05) is 0 Å². The van der Waals surface area contributed by atoms with Crippen molar-refractivity contribution in [3.8, 4) is 0 Å². The first-order valence-electron chi connectivity index (χ1n) is 5.54. The first kappa shape index (κ1) is 14.1. The summed E-state index contributed by atoms with van der Waals surface area (Å²) >= 11 is 3.14. The zero-order chi connectivity index (χ0) is 14.5. The van der Waals surface area contributed by atoms with E-state index in [1.165, 1.54) is 24.4 Å². The summed E-state index contributed by atoms with van der Waals surface area (Å²) in [5.41, 5.74) is 4.25. The molecule has 0 saturated carbocycles. The molecule has 2 amide bonds. The molecular weight excluding hydrogens is 329 g/mol. The van der Waals surface area contributed by atoms with Gasteiger partial charge >= 0.3 is 0 Å². The molecule has 5 nitrogen and oxygen atoms in total. The lowest BCUT2D eigenvalue weighted by molar-refractivity contribution is 0.0841. The Balaban J connectivity index is 2.02. The van der Waals surface area contributed by atoms with Crippen molar-refractivity contribution in [1.82, 2.24) is 15.8 Å². The number of carbonyl (C=O) groups excluding carboxylic acids is 2. The summed E-state index contributed by atoms with van der Waals surface area (Å²) < 4.78 is 14.0. The second-order valence-corrected chi connectivity index (χ2v) is 4.66. The van der Waals surface area contributed by atoms with E-state index in [2.05, 4.69) is 31.8 Å². The summed E-state index contributed by atoms with van der Waals surface area (Å²) in [7, 11) is 0. The van der Waals surface area contributed by atoms with Crippen LogP contribution in [-0.4, -0.2) is 16.8 Å². The highest BCUT2D eigenvalue weighted by Crippen LogP contribution is 2.15. The third-order valence-electron chi connectivity index (χ3n) is 2.36. The Kier molecular flexibility index (Phi) is 4.41. The summed E-state index contributed by atoms with van der Waals surface area (Å²) in [5.74, 6) is -2.03. The minimum atomic E-state index is -0.756. The first-order valence-corrected chi connectivity index (χ1v) is 6.34. The lowest BCUT2D eigenvalue weighted by Crippen LogP contribution is -2.42. The van der Waals surface area contributed by atoms with Gasteiger partial charge in [-0.2, -0.15) is 0 Å². The van der Waals surface area contributed by atoms with Crippen molar-refractivity contribution < 1.29 is 14.0 Å². The average Bonchev–Trinajstić information content (AvgIpc) is 2.47. The van der Waals surface area contributed by atoms with E-state index in [-0.39, 0.29) is 11.3 Å². The number of hydrogen-bond acceptors (Lipinski definition) is 3. The van der Waals surface area contributed by atoms with Crippen molar-refractivity contribution >= 4 is 27.7 Å². The number of benzene rings is 1. The van der Waals surface area contributed by atoms with Crippen molar-refractivity contribution in [2.75, 3.05) is 0 Å². The zero-order valence-electron chi connectivity index (χ0n) is 10.1. The van der Waals surface area contributed by atoms with Gasteiger partial charge in [0.2, 0.25) is 0 Å². The number of aromatic nitrogens is 1. The molecule has 1 aromatic heterocycles. The second-order valence-electron chi connectivity index (χ2n) is 3.75. The molecule has 2 rings (SSSR count). The maximum absolute atomic E-state index is 13.5. The second kappa shape index (κ2) is 6.25. The van der Waals surface area contributed by atoms with Gasteiger partial charge in [0.1, 0.15) is 11.5 Å². The minimum Gasteiger partial charge on any atom is -0.267 e. The molecule has 1 aromatic carbocycles. The molecule has 0 radical (unpaired) electrons. The number of hydrazine groups is 1. The lowest BCUT2D eigenvalue weighted by atomic mass is 10.2. The third kappa shape index (κ3) is 3.39. The maximum atomic E-state index is 13.5. The van der Waals surface area contributed by atoms with Gasteiger partial charge in [-0.3, -0.25) is 25.4 Å². The summed E-state index contributed by atoms with van der Waals surface area (Å²) in [6, 6.07) is 8.72. The Morgan fingerprint density at radius 2 is 1.85 bits per heavy atom. The molecule has 2 N–H and O–H groups in total. The molecule has 0 fully saturated rings. The molecule has 1 heterocycles. The van der Waals surface area contributed by atoms with Crippen molar-refractivity contribution in [3.63, 3.8) is 0 Å². The van der Waals surface area contributed by atoms with Crippen LogP contribution >= 0.6 is 15.9 Å². The Morgan fingerprint density at radius 1 is 1.10 bits per heavy atom. The van der Waals surface area contributed by atoms with Crippen LogP contribution in [0.25, 0.3) is 0 Å². The minimum absolute atomic E-state index is 0.141. The van der Waals surface area contributed by atoms with Gasteiger partial charge in [-0.15, -0.1) is 0 Å². The Labute approximate surface area is 122 Å². The van der Waals surface area contributed by atoms with Crippen LogP contribution in [0.3, 0.4) is 0 Å². The lowest BCUT2D eigenvalue weighted by Gasteiger charge is -2.07. The van der Waals surface area contributed by atoms with Gasteiger partial charge in [0.05, 0.1) is 5.56 Å². The molecule has 0 spiro atoms. The van der Waals surface area contributed by atoms with Crippen LogP contribution in [0, 0.1) is 5.82 Å². The Hall–Kier alpha value is -2.28. The van der Waals surface area contributed by atoms with Crippen LogP contribution in [0.1, 0.15) is 20.8 Å². The van der Waals surface area contributed by atoms with Crippen LogP contribution in [0.5, 0.6) is 0 Å². The van der Waals surface area contributed by atoms with Gasteiger partial charge in [0.25, 0.3) is 11.8 Å². The number of amides is 2. The van der Waals surface area contributed by atoms with Gasteiger partial charge in [-0.25, -0.2) is 4.39 Å². The smallest absolute Gasteiger partial charge is 0.267 e. The van der Waals surface area contributed by atoms with Crippen molar-refractivity contribution in [3.05, 3.63) is 64.1 Å². The van der Waals surface area contributed by atoms with Crippen molar-refractivity contribution in [2.45, 2.75) is 0 Å². The fourth-order valence-corrected chi connectivity index (χ4v) is 1.77. The van der Waals surface area contributed by atoms with Crippen LogP contribution in [-0.2, 0) is 0 Å². The number of carbonyl (C=O) groups is 2. The standard InChI is InChI=1S/C13H9BrFN3O2/c14-8-4-5-10(15)9(7-8)12(19)17-18-13(20)11-3-1-2-6-16-11/h1-7H,(H,17,19)(H,18,20). The number of nitrogens with zero attached hydrogens (tertiary/aromatic N) is 1. The molecule has 0 aliphatic carbocycles. The summed E-state index contributed by atoms with van der Waals surface area (Å²) in [4.78, 5) is 27.2. The van der Waals surface area contributed by atoms with E-state index in [0.717, 1.165) is 6.07 Å². The molecular formula is C13H9BrFN3O2. The van der Waals surface area contributed by atoms with Crippen LogP contribution in [0.4, 0.5) is 4.39 Å². The number of nitrogens with one attached hydrogen (secondary N) is 2. The number of halogens is 2. The molecule has 0 aliphatic rings. The quantitative estimate of drug-likeness (QED) is 0.824. The van der Waals surface area contributed by atoms with Gasteiger partial charge in [-0.05, 0) is 30.3 Å². The predicted octanol–water partition coefficient (Wildman–Crippen LogP) is 2.06. The highest BCUT2D eigenvalue weighted by molar-refractivity contribution is 9.10. The monoisotopic (exact) mass is 337 g/mol. The molecule has 0 saturated heterocycles. The van der Waals surface area contributed by atoms with Gasteiger partial charge < -0.3 is 0 Å². The van der Waals surface area contributed by atoms with Crippen LogP contribution in [0.2, 0.25) is 0 Å². The highest BCUT2D eigenvalue weighted by Gasteiger charge is 2.13. The molecule has 102 valence electrons. The molecule has 0 atom stereocenters. The molecule has 2 aromatic rings. The molecule has 7 heteroatoms. The van der Waals surface area contributed by atoms with Crippen LogP contribution in [0.15, 0.2) is 47.1 Å². The highest BCUT2D eigenvalue weighted by atomic mass is 79.9. The SMILES string of the molecule is O=C(NNC(=O)c1cc(Br)ccc1F)c1ccccn1. The molecule has 0 unspecified atom stereocenters. The molecule has 0 aliphatic heterocycles. The van der Waals surface area contributed by atoms with E-state index in [0.29, 0.717) is 4.47 Å². The Morgan fingerprint density at radius 3 is 2.55 bits per heavy atom. The summed E-state index contributed by atoms with van der Waals surface area (Å²) in [6.45, 7) is 0. The van der Waals surface area contributed by atoms with E-state index in [9.17, 15) is 14.0 Å². The van der Waals surface area contributed by atoms with E-state index < -0.39 is 17.6 Å². The fourth-order valence-electron chi connectivity index (χ4n) is 1.41. The third-order valence-corrected chi connectivity index (χ3v) is 2.85. The average molecular weight is 338 g/mol. The predicted molar refractivity (Wildman–Crippen MR) is 73.3 cm³/mol. The van der Waals surface area contributed by atoms with Crippen LogP contribution < -0.4 is 10.9 Å². The number of rotatable bonds is 2. The van der Waals surface area contributed by atoms with Gasteiger partial charge in [0.15, 0.2) is 0 Å². The number of pyridine rings is 1. The fraction of sp³-hybridized carbons (Fsp3) is 0. The maximum Gasteiger partial charge on any atom is 0.288 e. The normalized spacial score (nSPS) is 9.90. The number of hydrogen-bond donors (Lipinski definition) is 2. The molecule has 20 heavy (non-hydrogen) atoms. The summed E-state index contributed by atoms with van der Waals surface area (Å²) in [6.07, 6.45) is 1.45. The van der Waals surface area contributed by atoms with Crippen molar-refractivity contribution in [2.24, 2.45) is 0 Å². The summed E-state index contributed by atoms with van der Waals surface area (Å²) in [5, 5.41) is 0. The van der Waals surface area contributed by atoms with Gasteiger partial charge in [0, 0.05) is 10.7 Å².